The minimum atomic E-state index is 0.235. The van der Waals surface area contributed by atoms with Crippen molar-refractivity contribution in [3.8, 4) is 5.75 Å². The van der Waals surface area contributed by atoms with E-state index in [1.807, 2.05) is 19.1 Å². The lowest BCUT2D eigenvalue weighted by Gasteiger charge is -1.99. The van der Waals surface area contributed by atoms with Crippen LogP contribution in [0.15, 0.2) is 29.4 Å². The topological polar surface area (TPSA) is 69.0 Å². The molecule has 72 valence electrons. The van der Waals surface area contributed by atoms with Crippen LogP contribution in [0.3, 0.4) is 0 Å². The Bertz CT molecular complexity index is 392. The number of rotatable bonds is 3. The molecule has 0 unspecified atom stereocenters. The molecule has 1 aromatic carbocycles. The van der Waals surface area contributed by atoms with Gasteiger partial charge in [0.15, 0.2) is 0 Å². The second kappa shape index (κ2) is 4.94. The summed E-state index contributed by atoms with van der Waals surface area (Å²) in [5.74, 6) is 0.235. The molecule has 4 nitrogen and oxygen atoms in total. The largest absolute Gasteiger partial charge is 0.508 e. The molecular formula is C10H11N3O. The molecule has 4 heteroatoms. The van der Waals surface area contributed by atoms with E-state index in [1.165, 1.54) is 0 Å². The van der Waals surface area contributed by atoms with Crippen molar-refractivity contribution in [2.45, 2.75) is 6.92 Å². The maximum atomic E-state index is 9.22. The lowest BCUT2D eigenvalue weighted by atomic mass is 10.1. The molecule has 0 bridgehead atoms. The summed E-state index contributed by atoms with van der Waals surface area (Å²) in [4.78, 5) is 2.63. The molecule has 1 aromatic rings. The molecule has 0 aliphatic carbocycles. The Labute approximate surface area is 82.1 Å². The van der Waals surface area contributed by atoms with Gasteiger partial charge in [0.05, 0.1) is 0 Å². The minimum Gasteiger partial charge on any atom is -0.508 e. The number of hydrogen-bond acceptors (Lipinski definition) is 2. The highest BCUT2D eigenvalue weighted by Gasteiger charge is 1.94. The summed E-state index contributed by atoms with van der Waals surface area (Å²) in [5.41, 5.74) is 10.0. The molecule has 0 aliphatic rings. The third-order valence-electron chi connectivity index (χ3n) is 1.81. The van der Waals surface area contributed by atoms with Crippen molar-refractivity contribution in [3.63, 3.8) is 0 Å². The van der Waals surface area contributed by atoms with E-state index in [-0.39, 0.29) is 5.75 Å². The molecule has 0 heterocycles. The Balaban J connectivity index is 2.79. The number of hydrogen-bond donors (Lipinski definition) is 1. The van der Waals surface area contributed by atoms with Crippen LogP contribution in [0, 0.1) is 6.92 Å². The summed E-state index contributed by atoms with van der Waals surface area (Å²) in [5, 5.41) is 12.6. The summed E-state index contributed by atoms with van der Waals surface area (Å²) in [6, 6.07) is 5.14. The van der Waals surface area contributed by atoms with E-state index in [0.717, 1.165) is 11.1 Å². The zero-order chi connectivity index (χ0) is 10.4. The highest BCUT2D eigenvalue weighted by molar-refractivity contribution is 5.55. The first-order chi connectivity index (χ1) is 6.74. The number of azide groups is 1. The van der Waals surface area contributed by atoms with Gasteiger partial charge < -0.3 is 5.11 Å². The van der Waals surface area contributed by atoms with E-state index < -0.39 is 0 Å². The number of aryl methyl sites for hydroxylation is 1. The zero-order valence-corrected chi connectivity index (χ0v) is 7.88. The first kappa shape index (κ1) is 10.2. The fourth-order valence-electron chi connectivity index (χ4n) is 1.07. The van der Waals surface area contributed by atoms with Gasteiger partial charge in [0.2, 0.25) is 0 Å². The van der Waals surface area contributed by atoms with Gasteiger partial charge in [0.1, 0.15) is 5.75 Å². The molecule has 1 N–H and O–H groups in total. The normalized spacial score (nSPS) is 10.1. The molecule has 0 atom stereocenters. The van der Waals surface area contributed by atoms with E-state index in [0.29, 0.717) is 6.54 Å². The van der Waals surface area contributed by atoms with Crippen molar-refractivity contribution in [1.29, 1.82) is 0 Å². The van der Waals surface area contributed by atoms with E-state index in [1.54, 1.807) is 18.2 Å². The van der Waals surface area contributed by atoms with Crippen LogP contribution in [0.5, 0.6) is 5.75 Å². The molecule has 0 saturated heterocycles. The predicted octanol–water partition coefficient (Wildman–Crippen LogP) is 3.02. The van der Waals surface area contributed by atoms with E-state index in [9.17, 15) is 5.11 Å². The molecule has 0 amide bonds. The van der Waals surface area contributed by atoms with Gasteiger partial charge >= 0.3 is 0 Å². The van der Waals surface area contributed by atoms with Gasteiger partial charge in [-0.1, -0.05) is 23.3 Å². The second-order valence-electron chi connectivity index (χ2n) is 2.86. The highest BCUT2D eigenvalue weighted by Crippen LogP contribution is 2.16. The quantitative estimate of drug-likeness (QED) is 0.443. The first-order valence-electron chi connectivity index (χ1n) is 4.21. The lowest BCUT2D eigenvalue weighted by molar-refractivity contribution is 0.475. The van der Waals surface area contributed by atoms with Crippen LogP contribution in [0.25, 0.3) is 16.5 Å². The lowest BCUT2D eigenvalue weighted by Crippen LogP contribution is -1.79. The summed E-state index contributed by atoms with van der Waals surface area (Å²) in [7, 11) is 0. The smallest absolute Gasteiger partial charge is 0.116 e. The van der Waals surface area contributed by atoms with Crippen molar-refractivity contribution in [3.05, 3.63) is 45.8 Å². The van der Waals surface area contributed by atoms with Crippen molar-refractivity contribution < 1.29 is 5.11 Å². The average Bonchev–Trinajstić information content (AvgIpc) is 2.18. The van der Waals surface area contributed by atoms with Gasteiger partial charge in [-0.05, 0) is 35.7 Å². The van der Waals surface area contributed by atoms with Crippen LogP contribution in [-0.4, -0.2) is 11.7 Å². The molecular weight excluding hydrogens is 178 g/mol. The average molecular weight is 189 g/mol. The van der Waals surface area contributed by atoms with Gasteiger partial charge in [0.25, 0.3) is 0 Å². The first-order valence-corrected chi connectivity index (χ1v) is 4.21. The highest BCUT2D eigenvalue weighted by atomic mass is 16.3. The maximum absolute atomic E-state index is 9.22. The molecule has 0 spiro atoms. The third kappa shape index (κ3) is 2.84. The Morgan fingerprint density at radius 3 is 3.07 bits per heavy atom. The number of nitrogens with zero attached hydrogens (tertiary/aromatic N) is 3. The minimum absolute atomic E-state index is 0.235. The van der Waals surface area contributed by atoms with Gasteiger partial charge in [0, 0.05) is 11.5 Å². The number of phenols is 1. The van der Waals surface area contributed by atoms with Gasteiger partial charge in [-0.2, -0.15) is 0 Å². The van der Waals surface area contributed by atoms with Crippen LogP contribution in [0.1, 0.15) is 11.1 Å². The Morgan fingerprint density at radius 2 is 2.36 bits per heavy atom. The van der Waals surface area contributed by atoms with Crippen LogP contribution < -0.4 is 0 Å². The number of aromatic hydroxyl groups is 1. The monoisotopic (exact) mass is 189 g/mol. The third-order valence-corrected chi connectivity index (χ3v) is 1.81. The van der Waals surface area contributed by atoms with Crippen molar-refractivity contribution >= 4 is 6.08 Å². The van der Waals surface area contributed by atoms with Crippen LogP contribution >= 0.6 is 0 Å². The summed E-state index contributed by atoms with van der Waals surface area (Å²) in [6.07, 6.45) is 3.57. The number of phenolic OH excluding ortho intramolecular Hbond substituents is 1. The second-order valence-corrected chi connectivity index (χ2v) is 2.86. The van der Waals surface area contributed by atoms with E-state index >= 15 is 0 Å². The Kier molecular flexibility index (Phi) is 3.58. The summed E-state index contributed by atoms with van der Waals surface area (Å²) >= 11 is 0. The molecule has 0 aliphatic heterocycles. The van der Waals surface area contributed by atoms with Crippen molar-refractivity contribution in [1.82, 2.24) is 0 Å². The zero-order valence-electron chi connectivity index (χ0n) is 7.88. The summed E-state index contributed by atoms with van der Waals surface area (Å²) < 4.78 is 0. The standard InChI is InChI=1S/C10H11N3O/c1-8-4-5-10(14)7-9(8)3-2-6-12-13-11/h2-5,7,14H,6H2,1H3. The molecule has 0 fully saturated rings. The Morgan fingerprint density at radius 1 is 1.57 bits per heavy atom. The summed E-state index contributed by atoms with van der Waals surface area (Å²) in [6.45, 7) is 2.28. The predicted molar refractivity (Wildman–Crippen MR) is 55.9 cm³/mol. The molecule has 0 radical (unpaired) electrons. The molecule has 0 aromatic heterocycles. The van der Waals surface area contributed by atoms with Gasteiger partial charge in [-0.25, -0.2) is 0 Å². The van der Waals surface area contributed by atoms with Crippen molar-refractivity contribution in [2.24, 2.45) is 5.11 Å². The Hall–Kier alpha value is -1.93. The fourth-order valence-corrected chi connectivity index (χ4v) is 1.07. The SMILES string of the molecule is Cc1ccc(O)cc1C=CCN=[N+]=[N-]. The van der Waals surface area contributed by atoms with E-state index in [2.05, 4.69) is 10.0 Å². The van der Waals surface area contributed by atoms with Gasteiger partial charge in [-0.15, -0.1) is 0 Å². The fraction of sp³-hybridized carbons (Fsp3) is 0.200. The molecule has 0 saturated carbocycles. The van der Waals surface area contributed by atoms with E-state index in [4.69, 9.17) is 5.53 Å². The van der Waals surface area contributed by atoms with Crippen molar-refractivity contribution in [2.75, 3.05) is 6.54 Å². The van der Waals surface area contributed by atoms with Crippen LogP contribution in [0.2, 0.25) is 0 Å². The van der Waals surface area contributed by atoms with Crippen LogP contribution in [0.4, 0.5) is 0 Å². The van der Waals surface area contributed by atoms with Crippen LogP contribution in [-0.2, 0) is 0 Å². The molecule has 14 heavy (non-hydrogen) atoms. The molecule has 1 rings (SSSR count). The number of benzene rings is 1. The van der Waals surface area contributed by atoms with Gasteiger partial charge in [-0.3, -0.25) is 0 Å². The maximum Gasteiger partial charge on any atom is 0.116 e.